The van der Waals surface area contributed by atoms with Crippen molar-refractivity contribution in [1.82, 2.24) is 5.32 Å². The number of benzene rings is 1. The van der Waals surface area contributed by atoms with Crippen LogP contribution in [-0.4, -0.2) is 18.4 Å². The van der Waals surface area contributed by atoms with Gasteiger partial charge in [-0.2, -0.15) is 0 Å². The highest BCUT2D eigenvalue weighted by Gasteiger charge is 2.24. The standard InChI is InChI=1S/C12H15N3O2/c13-9-2-1-3-10(6-9)15-12(17)8-4-5-11(16)14-7-8/h1-3,6,8H,4-5,7,13H2,(H,14,16)(H,15,17). The van der Waals surface area contributed by atoms with Gasteiger partial charge in [0, 0.05) is 24.3 Å². The molecular formula is C12H15N3O2. The number of hydrogen-bond donors (Lipinski definition) is 3. The van der Waals surface area contributed by atoms with Crippen molar-refractivity contribution in [1.29, 1.82) is 0 Å². The Kier molecular flexibility index (Phi) is 3.27. The van der Waals surface area contributed by atoms with Gasteiger partial charge in [-0.05, 0) is 24.6 Å². The van der Waals surface area contributed by atoms with Gasteiger partial charge >= 0.3 is 0 Å². The second-order valence-corrected chi connectivity index (χ2v) is 4.15. The molecule has 0 spiro atoms. The van der Waals surface area contributed by atoms with Crippen LogP contribution in [0.4, 0.5) is 11.4 Å². The fourth-order valence-corrected chi connectivity index (χ4v) is 1.82. The predicted octanol–water partition coefficient (Wildman–Crippen LogP) is 0.733. The topological polar surface area (TPSA) is 84.2 Å². The maximum Gasteiger partial charge on any atom is 0.229 e. The minimum absolute atomic E-state index is 0.0120. The summed E-state index contributed by atoms with van der Waals surface area (Å²) in [5, 5.41) is 5.48. The molecule has 1 fully saturated rings. The predicted molar refractivity (Wildman–Crippen MR) is 65.2 cm³/mol. The summed E-state index contributed by atoms with van der Waals surface area (Å²) >= 11 is 0. The monoisotopic (exact) mass is 233 g/mol. The van der Waals surface area contributed by atoms with Gasteiger partial charge in [-0.3, -0.25) is 9.59 Å². The summed E-state index contributed by atoms with van der Waals surface area (Å²) in [7, 11) is 0. The number of anilines is 2. The highest BCUT2D eigenvalue weighted by atomic mass is 16.2. The molecule has 90 valence electrons. The zero-order valence-corrected chi connectivity index (χ0v) is 9.40. The maximum atomic E-state index is 11.9. The third-order valence-electron chi connectivity index (χ3n) is 2.79. The SMILES string of the molecule is Nc1cccc(NC(=O)C2CCC(=O)NC2)c1. The molecule has 1 aliphatic heterocycles. The molecule has 1 unspecified atom stereocenters. The lowest BCUT2D eigenvalue weighted by Crippen LogP contribution is -2.40. The first-order valence-electron chi connectivity index (χ1n) is 5.58. The van der Waals surface area contributed by atoms with Crippen molar-refractivity contribution in [2.75, 3.05) is 17.6 Å². The molecule has 1 atom stereocenters. The first-order valence-corrected chi connectivity index (χ1v) is 5.58. The largest absolute Gasteiger partial charge is 0.399 e. The van der Waals surface area contributed by atoms with Gasteiger partial charge in [-0.25, -0.2) is 0 Å². The molecule has 0 aromatic heterocycles. The van der Waals surface area contributed by atoms with Crippen LogP contribution >= 0.6 is 0 Å². The van der Waals surface area contributed by atoms with Gasteiger partial charge in [0.05, 0.1) is 5.92 Å². The van der Waals surface area contributed by atoms with Gasteiger partial charge in [0.1, 0.15) is 0 Å². The van der Waals surface area contributed by atoms with Crippen LogP contribution in [0.3, 0.4) is 0 Å². The van der Waals surface area contributed by atoms with Crippen LogP contribution in [0.1, 0.15) is 12.8 Å². The zero-order chi connectivity index (χ0) is 12.3. The third-order valence-corrected chi connectivity index (χ3v) is 2.79. The van der Waals surface area contributed by atoms with Gasteiger partial charge in [0.2, 0.25) is 11.8 Å². The highest BCUT2D eigenvalue weighted by Crippen LogP contribution is 2.16. The number of nitrogens with one attached hydrogen (secondary N) is 2. The van der Waals surface area contributed by atoms with Crippen molar-refractivity contribution in [2.45, 2.75) is 12.8 Å². The van der Waals surface area contributed by atoms with E-state index in [-0.39, 0.29) is 17.7 Å². The van der Waals surface area contributed by atoms with Gasteiger partial charge in [-0.1, -0.05) is 6.07 Å². The van der Waals surface area contributed by atoms with Crippen molar-refractivity contribution in [2.24, 2.45) is 5.92 Å². The lowest BCUT2D eigenvalue weighted by atomic mass is 9.98. The molecule has 2 rings (SSSR count). The minimum atomic E-state index is -0.158. The second kappa shape index (κ2) is 4.86. The van der Waals surface area contributed by atoms with Crippen molar-refractivity contribution in [3.8, 4) is 0 Å². The second-order valence-electron chi connectivity index (χ2n) is 4.15. The number of hydrogen-bond acceptors (Lipinski definition) is 3. The minimum Gasteiger partial charge on any atom is -0.399 e. The molecule has 5 heteroatoms. The first-order chi connectivity index (χ1) is 8.15. The molecular weight excluding hydrogens is 218 g/mol. The summed E-state index contributed by atoms with van der Waals surface area (Å²) in [6, 6.07) is 7.04. The van der Waals surface area contributed by atoms with Crippen molar-refractivity contribution in [3.63, 3.8) is 0 Å². The summed E-state index contributed by atoms with van der Waals surface area (Å²) < 4.78 is 0. The fraction of sp³-hybridized carbons (Fsp3) is 0.333. The van der Waals surface area contributed by atoms with Crippen LogP contribution in [0.2, 0.25) is 0 Å². The Hall–Kier alpha value is -2.04. The molecule has 5 nitrogen and oxygen atoms in total. The summed E-state index contributed by atoms with van der Waals surface area (Å²) in [6.07, 6.45) is 1.01. The molecule has 0 saturated carbocycles. The van der Waals surface area contributed by atoms with Crippen LogP contribution in [-0.2, 0) is 9.59 Å². The molecule has 0 bridgehead atoms. The Bertz CT molecular complexity index is 435. The number of nitrogens with two attached hydrogens (primary N) is 1. The van der Waals surface area contributed by atoms with Gasteiger partial charge < -0.3 is 16.4 Å². The van der Waals surface area contributed by atoms with E-state index in [4.69, 9.17) is 5.73 Å². The van der Waals surface area contributed by atoms with Crippen LogP contribution in [0.5, 0.6) is 0 Å². The third kappa shape index (κ3) is 2.96. The van der Waals surface area contributed by atoms with E-state index in [2.05, 4.69) is 10.6 Å². The molecule has 1 saturated heterocycles. The molecule has 1 aliphatic rings. The first kappa shape index (κ1) is 11.4. The number of amides is 2. The maximum absolute atomic E-state index is 11.9. The van der Waals surface area contributed by atoms with Crippen LogP contribution < -0.4 is 16.4 Å². The molecule has 1 aromatic rings. The summed E-state index contributed by atoms with van der Waals surface area (Å²) in [5.41, 5.74) is 6.92. The lowest BCUT2D eigenvalue weighted by molar-refractivity contribution is -0.126. The fourth-order valence-electron chi connectivity index (χ4n) is 1.82. The van der Waals surface area contributed by atoms with E-state index >= 15 is 0 Å². The Morgan fingerprint density at radius 3 is 2.94 bits per heavy atom. The number of carbonyl (C=O) groups is 2. The van der Waals surface area contributed by atoms with E-state index in [1.807, 2.05) is 0 Å². The van der Waals surface area contributed by atoms with E-state index in [1.165, 1.54) is 0 Å². The van der Waals surface area contributed by atoms with E-state index in [0.717, 1.165) is 0 Å². The molecule has 0 radical (unpaired) electrons. The van der Waals surface area contributed by atoms with Crippen molar-refractivity contribution >= 4 is 23.2 Å². The Balaban J connectivity index is 1.95. The van der Waals surface area contributed by atoms with Crippen LogP contribution in [0.25, 0.3) is 0 Å². The van der Waals surface area contributed by atoms with Gasteiger partial charge in [-0.15, -0.1) is 0 Å². The number of piperidine rings is 1. The van der Waals surface area contributed by atoms with Gasteiger partial charge in [0.25, 0.3) is 0 Å². The molecule has 2 amide bonds. The van der Waals surface area contributed by atoms with E-state index in [0.29, 0.717) is 30.8 Å². The smallest absolute Gasteiger partial charge is 0.229 e. The molecule has 1 heterocycles. The molecule has 1 aromatic carbocycles. The summed E-state index contributed by atoms with van der Waals surface area (Å²) in [6.45, 7) is 0.410. The van der Waals surface area contributed by atoms with E-state index in [1.54, 1.807) is 24.3 Å². The zero-order valence-electron chi connectivity index (χ0n) is 9.40. The van der Waals surface area contributed by atoms with E-state index in [9.17, 15) is 9.59 Å². The summed E-state index contributed by atoms with van der Waals surface area (Å²) in [4.78, 5) is 22.9. The number of carbonyl (C=O) groups excluding carboxylic acids is 2. The van der Waals surface area contributed by atoms with Crippen LogP contribution in [0, 0.1) is 5.92 Å². The van der Waals surface area contributed by atoms with Gasteiger partial charge in [0.15, 0.2) is 0 Å². The normalized spacial score (nSPS) is 19.5. The Labute approximate surface area is 99.4 Å². The molecule has 0 aliphatic carbocycles. The Morgan fingerprint density at radius 1 is 1.47 bits per heavy atom. The molecule has 4 N–H and O–H groups in total. The quantitative estimate of drug-likeness (QED) is 0.658. The average Bonchev–Trinajstić information content (AvgIpc) is 2.29. The Morgan fingerprint density at radius 2 is 2.29 bits per heavy atom. The van der Waals surface area contributed by atoms with Crippen LogP contribution in [0.15, 0.2) is 24.3 Å². The van der Waals surface area contributed by atoms with E-state index < -0.39 is 0 Å². The summed E-state index contributed by atoms with van der Waals surface area (Å²) in [5.74, 6) is -0.220. The number of rotatable bonds is 2. The van der Waals surface area contributed by atoms with Crippen molar-refractivity contribution in [3.05, 3.63) is 24.3 Å². The lowest BCUT2D eigenvalue weighted by Gasteiger charge is -2.21. The number of nitrogen functional groups attached to an aromatic ring is 1. The average molecular weight is 233 g/mol. The molecule has 17 heavy (non-hydrogen) atoms. The highest BCUT2D eigenvalue weighted by molar-refractivity contribution is 5.94. The van der Waals surface area contributed by atoms with Crippen molar-refractivity contribution < 1.29 is 9.59 Å².